The van der Waals surface area contributed by atoms with Crippen molar-refractivity contribution in [2.75, 3.05) is 38.0 Å². The van der Waals surface area contributed by atoms with Crippen LogP contribution in [0.5, 0.6) is 5.75 Å². The highest BCUT2D eigenvalue weighted by molar-refractivity contribution is 9.10. The molecule has 1 aliphatic heterocycles. The van der Waals surface area contributed by atoms with Crippen LogP contribution in [0.4, 0.5) is 10.5 Å². The monoisotopic (exact) mass is 654 g/mol. The Bertz CT molecular complexity index is 1540. The number of nitrogens with one attached hydrogen (secondary N) is 2. The summed E-state index contributed by atoms with van der Waals surface area (Å²) < 4.78 is 0.943. The minimum Gasteiger partial charge on any atom is -0.508 e. The highest BCUT2D eigenvalue weighted by Crippen LogP contribution is 2.23. The summed E-state index contributed by atoms with van der Waals surface area (Å²) in [7, 11) is 0. The molecule has 0 saturated carbocycles. The number of benzene rings is 4. The molecule has 7 nitrogen and oxygen atoms in total. The van der Waals surface area contributed by atoms with Gasteiger partial charge < -0.3 is 25.5 Å². The molecule has 4 aromatic carbocycles. The number of hydrogen-bond donors (Lipinski definition) is 3. The van der Waals surface area contributed by atoms with Gasteiger partial charge in [-0.15, -0.1) is 0 Å². The minimum absolute atomic E-state index is 0.0381. The van der Waals surface area contributed by atoms with Crippen molar-refractivity contribution in [2.45, 2.75) is 32.2 Å². The number of rotatable bonds is 12. The lowest BCUT2D eigenvalue weighted by molar-refractivity contribution is -0.120. The van der Waals surface area contributed by atoms with Crippen molar-refractivity contribution in [3.63, 3.8) is 0 Å². The number of phenols is 1. The zero-order valence-electron chi connectivity index (χ0n) is 24.8. The van der Waals surface area contributed by atoms with Gasteiger partial charge in [-0.3, -0.25) is 4.79 Å². The molecule has 5 rings (SSSR count). The minimum atomic E-state index is -0.186. The van der Waals surface area contributed by atoms with Crippen molar-refractivity contribution in [1.82, 2.24) is 15.1 Å². The summed E-state index contributed by atoms with van der Waals surface area (Å²) in [6, 6.07) is 30.7. The topological polar surface area (TPSA) is 84.9 Å². The lowest BCUT2D eigenvalue weighted by Crippen LogP contribution is -2.36. The molecule has 1 fully saturated rings. The number of phenolic OH excluding ortho intramolecular Hbond substituents is 1. The van der Waals surface area contributed by atoms with Gasteiger partial charge in [-0.05, 0) is 103 Å². The zero-order valence-corrected chi connectivity index (χ0v) is 26.4. The first kappa shape index (κ1) is 31.3. The molecule has 0 atom stereocenters. The number of nitrogens with zero attached hydrogens (tertiary/aromatic N) is 2. The number of amides is 3. The third kappa shape index (κ3) is 9.43. The fraction of sp³-hybridized carbons (Fsp3) is 0.278. The predicted octanol–water partition coefficient (Wildman–Crippen LogP) is 6.85. The van der Waals surface area contributed by atoms with E-state index in [1.165, 1.54) is 12.8 Å². The zero-order chi connectivity index (χ0) is 30.7. The number of likely N-dealkylation sites (tertiary alicyclic amines) is 1. The lowest BCUT2D eigenvalue weighted by atomic mass is 9.99. The van der Waals surface area contributed by atoms with Gasteiger partial charge in [-0.2, -0.15) is 0 Å². The second-order valence-corrected chi connectivity index (χ2v) is 12.2. The first-order valence-corrected chi connectivity index (χ1v) is 16.0. The van der Waals surface area contributed by atoms with Gasteiger partial charge in [-0.25, -0.2) is 4.79 Å². The van der Waals surface area contributed by atoms with Gasteiger partial charge in [-0.1, -0.05) is 70.5 Å². The Morgan fingerprint density at radius 3 is 2.18 bits per heavy atom. The number of carbonyl (C=O) groups is 2. The van der Waals surface area contributed by atoms with E-state index in [0.717, 1.165) is 57.6 Å². The lowest BCUT2D eigenvalue weighted by Gasteiger charge is -2.24. The van der Waals surface area contributed by atoms with E-state index >= 15 is 0 Å². The first-order chi connectivity index (χ1) is 21.4. The van der Waals surface area contributed by atoms with Gasteiger partial charge >= 0.3 is 6.03 Å². The van der Waals surface area contributed by atoms with Gasteiger partial charge in [0.15, 0.2) is 0 Å². The van der Waals surface area contributed by atoms with Gasteiger partial charge in [0.05, 0.1) is 6.42 Å². The van der Waals surface area contributed by atoms with Crippen LogP contribution in [0.25, 0.3) is 11.1 Å². The Morgan fingerprint density at radius 1 is 0.818 bits per heavy atom. The Hall–Kier alpha value is -4.14. The molecule has 0 aliphatic carbocycles. The molecule has 44 heavy (non-hydrogen) atoms. The maximum Gasteiger partial charge on any atom is 0.322 e. The average Bonchev–Trinajstić information content (AvgIpc) is 3.55. The number of anilines is 1. The van der Waals surface area contributed by atoms with Crippen molar-refractivity contribution in [3.05, 3.63) is 118 Å². The van der Waals surface area contributed by atoms with E-state index in [9.17, 15) is 14.7 Å². The smallest absolute Gasteiger partial charge is 0.322 e. The highest BCUT2D eigenvalue weighted by atomic mass is 79.9. The van der Waals surface area contributed by atoms with Crippen LogP contribution in [0.3, 0.4) is 0 Å². The molecule has 3 amide bonds. The molecular weight excluding hydrogens is 616 g/mol. The van der Waals surface area contributed by atoms with Crippen molar-refractivity contribution >= 4 is 33.6 Å². The van der Waals surface area contributed by atoms with Crippen molar-refractivity contribution in [1.29, 1.82) is 0 Å². The van der Waals surface area contributed by atoms with E-state index in [1.54, 1.807) is 17.0 Å². The summed E-state index contributed by atoms with van der Waals surface area (Å²) in [6.07, 6.45) is 3.49. The third-order valence-corrected chi connectivity index (χ3v) is 8.39. The molecule has 0 radical (unpaired) electrons. The van der Waals surface area contributed by atoms with Gasteiger partial charge in [0.2, 0.25) is 5.91 Å². The molecule has 0 aromatic heterocycles. The molecule has 3 N–H and O–H groups in total. The molecule has 8 heteroatoms. The maximum absolute atomic E-state index is 13.5. The fourth-order valence-corrected chi connectivity index (χ4v) is 5.72. The molecule has 1 saturated heterocycles. The molecular formula is C36H39BrN4O3. The van der Waals surface area contributed by atoms with Crippen LogP contribution in [0.1, 0.15) is 29.5 Å². The number of halogens is 1. The molecule has 0 spiro atoms. The Labute approximate surface area is 268 Å². The van der Waals surface area contributed by atoms with Crippen LogP contribution in [0, 0.1) is 0 Å². The van der Waals surface area contributed by atoms with Gasteiger partial charge in [0.25, 0.3) is 0 Å². The highest BCUT2D eigenvalue weighted by Gasteiger charge is 2.16. The predicted molar refractivity (Wildman–Crippen MR) is 180 cm³/mol. The van der Waals surface area contributed by atoms with Crippen LogP contribution in [-0.4, -0.2) is 59.6 Å². The Kier molecular flexibility index (Phi) is 11.1. The second-order valence-electron chi connectivity index (χ2n) is 11.3. The molecule has 4 aromatic rings. The summed E-state index contributed by atoms with van der Waals surface area (Å²) in [4.78, 5) is 30.3. The van der Waals surface area contributed by atoms with Crippen LogP contribution in [-0.2, 0) is 24.2 Å². The van der Waals surface area contributed by atoms with Gasteiger partial charge in [0, 0.05) is 36.3 Å². The Balaban J connectivity index is 1.25. The fourth-order valence-electron chi connectivity index (χ4n) is 5.45. The van der Waals surface area contributed by atoms with Crippen LogP contribution in [0.2, 0.25) is 0 Å². The normalized spacial score (nSPS) is 13.0. The number of aromatic hydroxyl groups is 1. The van der Waals surface area contributed by atoms with E-state index in [-0.39, 0.29) is 17.7 Å². The number of carbonyl (C=O) groups excluding carboxylic acids is 2. The van der Waals surface area contributed by atoms with Crippen LogP contribution in [0.15, 0.2) is 102 Å². The summed E-state index contributed by atoms with van der Waals surface area (Å²) in [5.74, 6) is 0.258. The number of urea groups is 1. The molecule has 1 aliphatic rings. The van der Waals surface area contributed by atoms with Crippen molar-refractivity contribution < 1.29 is 14.7 Å². The van der Waals surface area contributed by atoms with E-state index in [4.69, 9.17) is 0 Å². The molecule has 0 bridgehead atoms. The Morgan fingerprint density at radius 2 is 1.48 bits per heavy atom. The standard InChI is InChI=1S/C36H39BrN4O3/c37-32-11-13-33(14-12-32)39-36(44)41(21-17-27-9-15-34(42)16-10-27)26-29-6-4-8-31(24-29)30-7-3-5-28(23-30)25-35(43)38-18-22-40-19-1-2-20-40/h3-16,23-24,42H,1-2,17-22,25-26H2,(H,38,43)(H,39,44). The second kappa shape index (κ2) is 15.5. The summed E-state index contributed by atoms with van der Waals surface area (Å²) >= 11 is 3.44. The SMILES string of the molecule is O=C(Cc1cccc(-c2cccc(CN(CCc3ccc(O)cc3)C(=O)Nc3ccc(Br)cc3)c2)c1)NCCN1CCCC1. The van der Waals surface area contributed by atoms with Gasteiger partial charge in [0.1, 0.15) is 5.75 Å². The van der Waals surface area contributed by atoms with Crippen molar-refractivity contribution in [2.24, 2.45) is 0 Å². The quantitative estimate of drug-likeness (QED) is 0.156. The summed E-state index contributed by atoms with van der Waals surface area (Å²) in [5.41, 5.74) is 5.79. The van der Waals surface area contributed by atoms with Crippen LogP contribution >= 0.6 is 15.9 Å². The molecule has 228 valence electrons. The van der Waals surface area contributed by atoms with E-state index in [1.807, 2.05) is 60.7 Å². The van der Waals surface area contributed by atoms with Crippen molar-refractivity contribution in [3.8, 4) is 16.9 Å². The first-order valence-electron chi connectivity index (χ1n) is 15.2. The van der Waals surface area contributed by atoms with Crippen LogP contribution < -0.4 is 10.6 Å². The van der Waals surface area contributed by atoms with E-state index in [2.05, 4.69) is 55.7 Å². The average molecular weight is 656 g/mol. The molecule has 1 heterocycles. The third-order valence-electron chi connectivity index (χ3n) is 7.86. The largest absolute Gasteiger partial charge is 0.508 e. The summed E-state index contributed by atoms with van der Waals surface area (Å²) in [6.45, 7) is 4.77. The molecule has 0 unspecified atom stereocenters. The van der Waals surface area contributed by atoms with E-state index < -0.39 is 0 Å². The number of hydrogen-bond acceptors (Lipinski definition) is 4. The van der Waals surface area contributed by atoms with E-state index in [0.29, 0.717) is 32.5 Å². The summed E-state index contributed by atoms with van der Waals surface area (Å²) in [5, 5.41) is 15.7. The maximum atomic E-state index is 13.5.